The summed E-state index contributed by atoms with van der Waals surface area (Å²) >= 11 is 3.42. The van der Waals surface area contributed by atoms with Gasteiger partial charge in [0.2, 0.25) is 0 Å². The summed E-state index contributed by atoms with van der Waals surface area (Å²) in [7, 11) is 0. The van der Waals surface area contributed by atoms with Gasteiger partial charge in [0.25, 0.3) is 0 Å². The number of anilines is 1. The zero-order chi connectivity index (χ0) is 12.6. The van der Waals surface area contributed by atoms with E-state index in [0.717, 1.165) is 29.5 Å². The molecule has 1 aromatic carbocycles. The van der Waals surface area contributed by atoms with E-state index in [0.29, 0.717) is 0 Å². The summed E-state index contributed by atoms with van der Waals surface area (Å²) in [6, 6.07) is 8.00. The molecule has 18 heavy (non-hydrogen) atoms. The number of benzene rings is 1. The molecule has 2 fully saturated rings. The zero-order valence-corrected chi connectivity index (χ0v) is 11.9. The number of amides is 2. The van der Waals surface area contributed by atoms with E-state index in [4.69, 9.17) is 0 Å². The Kier molecular flexibility index (Phi) is 3.06. The lowest BCUT2D eigenvalue weighted by molar-refractivity contribution is 0.237. The van der Waals surface area contributed by atoms with Crippen molar-refractivity contribution in [1.29, 1.82) is 0 Å². The highest BCUT2D eigenvalue weighted by Crippen LogP contribution is 2.34. The van der Waals surface area contributed by atoms with Gasteiger partial charge in [0.05, 0.1) is 12.1 Å². The fourth-order valence-corrected chi connectivity index (χ4v) is 3.31. The monoisotopic (exact) mass is 308 g/mol. The van der Waals surface area contributed by atoms with Gasteiger partial charge in [0.15, 0.2) is 0 Å². The number of carbonyl (C=O) groups excluding carboxylic acids is 1. The molecule has 1 spiro atoms. The van der Waals surface area contributed by atoms with Crippen LogP contribution in [0.25, 0.3) is 0 Å². The van der Waals surface area contributed by atoms with Crippen molar-refractivity contribution in [3.63, 3.8) is 0 Å². The van der Waals surface area contributed by atoms with Gasteiger partial charge in [-0.15, -0.1) is 0 Å². The number of rotatable bonds is 1. The topological polar surface area (TPSA) is 32.3 Å². The quantitative estimate of drug-likeness (QED) is 0.843. The van der Waals surface area contributed by atoms with E-state index < -0.39 is 0 Å². The van der Waals surface area contributed by atoms with Crippen molar-refractivity contribution in [1.82, 2.24) is 5.32 Å². The third kappa shape index (κ3) is 2.14. The van der Waals surface area contributed by atoms with Gasteiger partial charge in [0.1, 0.15) is 0 Å². The largest absolute Gasteiger partial charge is 0.330 e. The molecule has 0 unspecified atom stereocenters. The summed E-state index contributed by atoms with van der Waals surface area (Å²) in [5.41, 5.74) is 1.01. The second kappa shape index (κ2) is 4.57. The molecule has 3 nitrogen and oxygen atoms in total. The van der Waals surface area contributed by atoms with Crippen molar-refractivity contribution in [3.8, 4) is 0 Å². The van der Waals surface area contributed by atoms with Gasteiger partial charge in [-0.05, 0) is 37.1 Å². The minimum atomic E-state index is 0.0302. The average Bonchev–Trinajstić information content (AvgIpc) is 2.68. The van der Waals surface area contributed by atoms with E-state index in [9.17, 15) is 4.79 Å². The number of halogens is 1. The summed E-state index contributed by atoms with van der Waals surface area (Å²) < 4.78 is 1.04. The van der Waals surface area contributed by atoms with Crippen LogP contribution in [-0.2, 0) is 0 Å². The maximum atomic E-state index is 12.1. The van der Waals surface area contributed by atoms with Crippen LogP contribution in [0.3, 0.4) is 0 Å². The van der Waals surface area contributed by atoms with E-state index >= 15 is 0 Å². The molecule has 1 saturated heterocycles. The molecular formula is C14H17BrN2O. The number of nitrogens with zero attached hydrogens (tertiary/aromatic N) is 1. The van der Waals surface area contributed by atoms with Gasteiger partial charge in [-0.1, -0.05) is 35.2 Å². The molecule has 4 heteroatoms. The van der Waals surface area contributed by atoms with Crippen molar-refractivity contribution < 1.29 is 4.79 Å². The molecule has 1 aliphatic heterocycles. The maximum absolute atomic E-state index is 12.1. The van der Waals surface area contributed by atoms with E-state index in [1.165, 1.54) is 19.3 Å². The average molecular weight is 309 g/mol. The molecule has 1 N–H and O–H groups in total. The summed E-state index contributed by atoms with van der Waals surface area (Å²) in [4.78, 5) is 14.0. The highest BCUT2D eigenvalue weighted by molar-refractivity contribution is 9.10. The van der Waals surface area contributed by atoms with Gasteiger partial charge in [-0.3, -0.25) is 4.90 Å². The van der Waals surface area contributed by atoms with Gasteiger partial charge in [0, 0.05) is 10.2 Å². The predicted octanol–water partition coefficient (Wildman–Crippen LogP) is 3.68. The molecule has 0 radical (unpaired) electrons. The smallest absolute Gasteiger partial charge is 0.322 e. The number of carbonyl (C=O) groups is 1. The standard InChI is InChI=1S/C14H17BrN2O/c15-11-4-6-12(7-5-11)17-10-14(16-13(17)18)8-2-1-3-9-14/h4-7H,1-3,8-10H2,(H,16,18). The lowest BCUT2D eigenvalue weighted by atomic mass is 9.82. The first kappa shape index (κ1) is 12.0. The molecule has 1 saturated carbocycles. The fraction of sp³-hybridized carbons (Fsp3) is 0.500. The predicted molar refractivity (Wildman–Crippen MR) is 75.8 cm³/mol. The van der Waals surface area contributed by atoms with E-state index in [1.807, 2.05) is 29.2 Å². The molecule has 2 amide bonds. The fourth-order valence-electron chi connectivity index (χ4n) is 3.05. The van der Waals surface area contributed by atoms with Crippen LogP contribution in [0.1, 0.15) is 32.1 Å². The number of hydrogen-bond acceptors (Lipinski definition) is 1. The van der Waals surface area contributed by atoms with Crippen molar-refractivity contribution in [2.75, 3.05) is 11.4 Å². The third-order valence-electron chi connectivity index (χ3n) is 4.03. The van der Waals surface area contributed by atoms with Crippen LogP contribution < -0.4 is 10.2 Å². The van der Waals surface area contributed by atoms with E-state index in [1.54, 1.807) is 0 Å². The van der Waals surface area contributed by atoms with Gasteiger partial charge in [-0.2, -0.15) is 0 Å². The van der Waals surface area contributed by atoms with Gasteiger partial charge < -0.3 is 5.32 Å². The summed E-state index contributed by atoms with van der Waals surface area (Å²) in [6.07, 6.45) is 6.00. The molecule has 96 valence electrons. The third-order valence-corrected chi connectivity index (χ3v) is 4.56. The Bertz CT molecular complexity index is 451. The van der Waals surface area contributed by atoms with Crippen molar-refractivity contribution in [2.24, 2.45) is 0 Å². The molecule has 2 aliphatic rings. The molecule has 3 rings (SSSR count). The van der Waals surface area contributed by atoms with E-state index in [-0.39, 0.29) is 11.6 Å². The minimum Gasteiger partial charge on any atom is -0.330 e. The van der Waals surface area contributed by atoms with Crippen LogP contribution in [0.2, 0.25) is 0 Å². The second-order valence-corrected chi connectivity index (χ2v) is 6.25. The summed E-state index contributed by atoms with van der Waals surface area (Å²) in [6.45, 7) is 0.813. The van der Waals surface area contributed by atoms with Crippen LogP contribution >= 0.6 is 15.9 Å². The van der Waals surface area contributed by atoms with Crippen molar-refractivity contribution in [3.05, 3.63) is 28.7 Å². The van der Waals surface area contributed by atoms with Gasteiger partial charge >= 0.3 is 6.03 Å². The Labute approximate surface area is 116 Å². The maximum Gasteiger partial charge on any atom is 0.322 e. The van der Waals surface area contributed by atoms with Crippen LogP contribution in [0, 0.1) is 0 Å². The Balaban J connectivity index is 1.82. The van der Waals surface area contributed by atoms with Crippen LogP contribution in [0.4, 0.5) is 10.5 Å². The van der Waals surface area contributed by atoms with Crippen molar-refractivity contribution >= 4 is 27.6 Å². The first-order valence-electron chi connectivity index (χ1n) is 6.54. The first-order valence-corrected chi connectivity index (χ1v) is 7.33. The molecule has 1 heterocycles. The molecule has 0 aromatic heterocycles. The van der Waals surface area contributed by atoms with Crippen LogP contribution in [0.5, 0.6) is 0 Å². The molecule has 1 aliphatic carbocycles. The lowest BCUT2D eigenvalue weighted by Gasteiger charge is -2.32. The van der Waals surface area contributed by atoms with Crippen molar-refractivity contribution in [2.45, 2.75) is 37.6 Å². The Morgan fingerprint density at radius 3 is 2.44 bits per heavy atom. The highest BCUT2D eigenvalue weighted by atomic mass is 79.9. The molecular weight excluding hydrogens is 292 g/mol. The summed E-state index contributed by atoms with van der Waals surface area (Å²) in [5, 5.41) is 3.21. The Hall–Kier alpha value is -1.03. The SMILES string of the molecule is O=C1NC2(CCCCC2)CN1c1ccc(Br)cc1. The number of hydrogen-bond donors (Lipinski definition) is 1. The zero-order valence-electron chi connectivity index (χ0n) is 10.3. The summed E-state index contributed by atoms with van der Waals surface area (Å²) in [5.74, 6) is 0. The minimum absolute atomic E-state index is 0.0302. The second-order valence-electron chi connectivity index (χ2n) is 5.33. The normalized spacial score (nSPS) is 22.3. The van der Waals surface area contributed by atoms with Crippen LogP contribution in [-0.4, -0.2) is 18.1 Å². The van der Waals surface area contributed by atoms with E-state index in [2.05, 4.69) is 21.2 Å². The first-order chi connectivity index (χ1) is 8.69. The molecule has 0 atom stereocenters. The highest BCUT2D eigenvalue weighted by Gasteiger charge is 2.43. The lowest BCUT2D eigenvalue weighted by Crippen LogP contribution is -2.44. The van der Waals surface area contributed by atoms with Crippen LogP contribution in [0.15, 0.2) is 28.7 Å². The number of nitrogens with one attached hydrogen (secondary N) is 1. The molecule has 0 bridgehead atoms. The number of urea groups is 1. The van der Waals surface area contributed by atoms with Gasteiger partial charge in [-0.25, -0.2) is 4.79 Å². The Morgan fingerprint density at radius 2 is 1.78 bits per heavy atom. The molecule has 1 aromatic rings. The Morgan fingerprint density at radius 1 is 1.11 bits per heavy atom.